The van der Waals surface area contributed by atoms with Gasteiger partial charge in [-0.2, -0.15) is 0 Å². The predicted octanol–water partition coefficient (Wildman–Crippen LogP) is 1.71. The van der Waals surface area contributed by atoms with Crippen LogP contribution in [0.4, 0.5) is 5.82 Å². The van der Waals surface area contributed by atoms with Crippen LogP contribution in [0.5, 0.6) is 5.75 Å². The van der Waals surface area contributed by atoms with E-state index in [2.05, 4.69) is 22.1 Å². The van der Waals surface area contributed by atoms with Crippen molar-refractivity contribution in [3.8, 4) is 17.6 Å². The summed E-state index contributed by atoms with van der Waals surface area (Å²) >= 11 is 1.31. The highest BCUT2D eigenvalue weighted by Crippen LogP contribution is 2.21. The maximum Gasteiger partial charge on any atom is 0.267 e. The van der Waals surface area contributed by atoms with E-state index in [1.54, 1.807) is 36.9 Å². The average molecular weight is 287 g/mol. The number of anilines is 1. The summed E-state index contributed by atoms with van der Waals surface area (Å²) in [4.78, 5) is 16.7. The first-order valence-corrected chi connectivity index (χ1v) is 6.69. The average Bonchev–Trinajstić information content (AvgIpc) is 2.94. The highest BCUT2D eigenvalue weighted by Gasteiger charge is 2.10. The summed E-state index contributed by atoms with van der Waals surface area (Å²) in [5.74, 6) is 6.52. The smallest absolute Gasteiger partial charge is 0.267 e. The molecular weight excluding hydrogens is 274 g/mol. The number of methoxy groups -OCH3 is 1. The Morgan fingerprint density at radius 3 is 3.10 bits per heavy atom. The zero-order valence-corrected chi connectivity index (χ0v) is 11.7. The van der Waals surface area contributed by atoms with Crippen LogP contribution in [0.3, 0.4) is 0 Å². The number of rotatable bonds is 3. The van der Waals surface area contributed by atoms with E-state index in [9.17, 15) is 4.79 Å². The van der Waals surface area contributed by atoms with Gasteiger partial charge >= 0.3 is 0 Å². The standard InChI is InChI=1S/C14H13N3O2S/c1-19-11-8-12(20-9-11)14(18)17-13-7-10(3-2-5-15)4-6-16-13/h4,6-9H,5,15H2,1H3,(H,16,17,18). The molecule has 102 valence electrons. The minimum absolute atomic E-state index is 0.227. The Balaban J connectivity index is 2.11. The molecule has 3 N–H and O–H groups in total. The summed E-state index contributed by atoms with van der Waals surface area (Å²) < 4.78 is 5.04. The Morgan fingerprint density at radius 2 is 2.40 bits per heavy atom. The van der Waals surface area contributed by atoms with Crippen LogP contribution in [-0.2, 0) is 0 Å². The molecule has 0 unspecified atom stereocenters. The van der Waals surface area contributed by atoms with Gasteiger partial charge in [0.1, 0.15) is 11.6 Å². The minimum Gasteiger partial charge on any atom is -0.496 e. The van der Waals surface area contributed by atoms with Gasteiger partial charge in [-0.05, 0) is 12.1 Å². The first kappa shape index (κ1) is 14.1. The normalized spacial score (nSPS) is 9.50. The summed E-state index contributed by atoms with van der Waals surface area (Å²) in [5.41, 5.74) is 6.07. The number of hydrogen-bond donors (Lipinski definition) is 2. The Kier molecular flexibility index (Phi) is 4.71. The first-order chi connectivity index (χ1) is 9.72. The van der Waals surface area contributed by atoms with Crippen LogP contribution in [0, 0.1) is 11.8 Å². The van der Waals surface area contributed by atoms with Gasteiger partial charge in [-0.3, -0.25) is 4.79 Å². The predicted molar refractivity (Wildman–Crippen MR) is 79.0 cm³/mol. The Hall–Kier alpha value is -2.36. The van der Waals surface area contributed by atoms with Crippen LogP contribution in [0.1, 0.15) is 15.2 Å². The van der Waals surface area contributed by atoms with Crippen LogP contribution in [0.2, 0.25) is 0 Å². The highest BCUT2D eigenvalue weighted by atomic mass is 32.1. The molecule has 2 heterocycles. The third-order valence-corrected chi connectivity index (χ3v) is 3.28. The second-order valence-electron chi connectivity index (χ2n) is 3.74. The minimum atomic E-state index is -0.227. The van der Waals surface area contributed by atoms with Crippen molar-refractivity contribution >= 4 is 23.1 Å². The number of ether oxygens (including phenoxy) is 1. The number of aromatic nitrogens is 1. The number of amides is 1. The topological polar surface area (TPSA) is 77.2 Å². The quantitative estimate of drug-likeness (QED) is 0.843. The molecule has 0 saturated heterocycles. The van der Waals surface area contributed by atoms with Gasteiger partial charge in [0.15, 0.2) is 0 Å². The molecule has 0 aliphatic rings. The molecule has 0 aromatic carbocycles. The van der Waals surface area contributed by atoms with E-state index >= 15 is 0 Å². The monoisotopic (exact) mass is 287 g/mol. The molecule has 0 spiro atoms. The first-order valence-electron chi connectivity index (χ1n) is 5.82. The number of carbonyl (C=O) groups excluding carboxylic acids is 1. The molecule has 2 aromatic heterocycles. The van der Waals surface area contributed by atoms with E-state index in [0.717, 1.165) is 5.56 Å². The fourth-order valence-corrected chi connectivity index (χ4v) is 2.20. The summed E-state index contributed by atoms with van der Waals surface area (Å²) in [6.07, 6.45) is 1.59. The van der Waals surface area contributed by atoms with Gasteiger partial charge in [-0.25, -0.2) is 4.98 Å². The third-order valence-electron chi connectivity index (χ3n) is 2.37. The molecule has 0 aliphatic carbocycles. The second-order valence-corrected chi connectivity index (χ2v) is 4.65. The maximum absolute atomic E-state index is 12.0. The molecule has 0 fully saturated rings. The second kappa shape index (κ2) is 6.70. The molecule has 0 bridgehead atoms. The SMILES string of the molecule is COc1csc(C(=O)Nc2cc(C#CCN)ccn2)c1. The number of hydrogen-bond acceptors (Lipinski definition) is 5. The molecule has 0 radical (unpaired) electrons. The number of nitrogens with two attached hydrogens (primary N) is 1. The van der Waals surface area contributed by atoms with Crippen molar-refractivity contribution in [3.05, 3.63) is 40.2 Å². The molecule has 5 nitrogen and oxygen atoms in total. The number of nitrogens with zero attached hydrogens (tertiary/aromatic N) is 1. The Bertz CT molecular complexity index is 670. The number of thiophene rings is 1. The summed E-state index contributed by atoms with van der Waals surface area (Å²) in [5, 5.41) is 4.49. The summed E-state index contributed by atoms with van der Waals surface area (Å²) in [7, 11) is 1.56. The molecule has 20 heavy (non-hydrogen) atoms. The van der Waals surface area contributed by atoms with Crippen molar-refractivity contribution < 1.29 is 9.53 Å². The van der Waals surface area contributed by atoms with Crippen LogP contribution in [0.15, 0.2) is 29.8 Å². The van der Waals surface area contributed by atoms with E-state index in [1.165, 1.54) is 11.3 Å². The van der Waals surface area contributed by atoms with Gasteiger partial charge in [-0.1, -0.05) is 11.8 Å². The Labute approximate surface area is 120 Å². The number of pyridine rings is 1. The lowest BCUT2D eigenvalue weighted by Gasteiger charge is -2.02. The molecule has 0 aliphatic heterocycles. The van der Waals surface area contributed by atoms with E-state index in [0.29, 0.717) is 23.0 Å². The van der Waals surface area contributed by atoms with Gasteiger partial charge in [0.05, 0.1) is 18.5 Å². The molecular formula is C14H13N3O2S. The zero-order valence-electron chi connectivity index (χ0n) is 10.8. The van der Waals surface area contributed by atoms with Crippen molar-refractivity contribution in [2.45, 2.75) is 0 Å². The third kappa shape index (κ3) is 3.57. The molecule has 2 aromatic rings. The highest BCUT2D eigenvalue weighted by molar-refractivity contribution is 7.12. The van der Waals surface area contributed by atoms with Crippen molar-refractivity contribution in [3.63, 3.8) is 0 Å². The van der Waals surface area contributed by atoms with E-state index in [1.807, 2.05) is 0 Å². The van der Waals surface area contributed by atoms with Crippen LogP contribution >= 0.6 is 11.3 Å². The zero-order chi connectivity index (χ0) is 14.4. The van der Waals surface area contributed by atoms with Gasteiger partial charge in [0.25, 0.3) is 5.91 Å². The lowest BCUT2D eigenvalue weighted by Crippen LogP contribution is -2.11. The van der Waals surface area contributed by atoms with Gasteiger partial charge in [0.2, 0.25) is 0 Å². The van der Waals surface area contributed by atoms with Crippen molar-refractivity contribution in [1.29, 1.82) is 0 Å². The largest absolute Gasteiger partial charge is 0.496 e. The van der Waals surface area contributed by atoms with Gasteiger partial charge in [0, 0.05) is 23.2 Å². The number of nitrogens with one attached hydrogen (secondary N) is 1. The van der Waals surface area contributed by atoms with Crippen LogP contribution < -0.4 is 15.8 Å². The fourth-order valence-electron chi connectivity index (χ4n) is 1.45. The Morgan fingerprint density at radius 1 is 1.55 bits per heavy atom. The molecule has 0 saturated carbocycles. The molecule has 6 heteroatoms. The molecule has 2 rings (SSSR count). The molecule has 1 amide bonds. The van der Waals surface area contributed by atoms with Crippen LogP contribution in [0.25, 0.3) is 0 Å². The lowest BCUT2D eigenvalue weighted by atomic mass is 10.2. The summed E-state index contributed by atoms with van der Waals surface area (Å²) in [6.45, 7) is 0.291. The van der Waals surface area contributed by atoms with E-state index in [4.69, 9.17) is 10.5 Å². The van der Waals surface area contributed by atoms with E-state index in [-0.39, 0.29) is 5.91 Å². The van der Waals surface area contributed by atoms with Crippen molar-refractivity contribution in [2.75, 3.05) is 19.0 Å². The van der Waals surface area contributed by atoms with Gasteiger partial charge < -0.3 is 15.8 Å². The number of carbonyl (C=O) groups is 1. The lowest BCUT2D eigenvalue weighted by molar-refractivity contribution is 0.103. The van der Waals surface area contributed by atoms with Crippen molar-refractivity contribution in [1.82, 2.24) is 4.98 Å². The van der Waals surface area contributed by atoms with E-state index < -0.39 is 0 Å². The maximum atomic E-state index is 12.0. The fraction of sp³-hybridized carbons (Fsp3) is 0.143. The van der Waals surface area contributed by atoms with Crippen LogP contribution in [-0.4, -0.2) is 24.5 Å². The molecule has 0 atom stereocenters. The summed E-state index contributed by atoms with van der Waals surface area (Å²) in [6, 6.07) is 5.13. The van der Waals surface area contributed by atoms with Gasteiger partial charge in [-0.15, -0.1) is 11.3 Å². The van der Waals surface area contributed by atoms with Crippen molar-refractivity contribution in [2.24, 2.45) is 5.73 Å².